The standard InChI is InChI=1S/C12H15F3N2O.2ClH/c13-7-10(17-5-3-16-4-6-17)11-8(14)1-2-9(15)12(11)18;;/h1-2,10,16,18H,3-7H2;2*1H/t10-;;/m1../s1. The largest absolute Gasteiger partial charge is 0.505 e. The van der Waals surface area contributed by atoms with Gasteiger partial charge in [0.05, 0.1) is 11.6 Å². The Morgan fingerprint density at radius 1 is 1.15 bits per heavy atom. The summed E-state index contributed by atoms with van der Waals surface area (Å²) in [6.45, 7) is 1.52. The molecule has 1 aromatic carbocycles. The molecule has 0 spiro atoms. The SMILES string of the molecule is Cl.Cl.Oc1c(F)ccc(F)c1[C@@H](CF)N1CCNCC1. The van der Waals surface area contributed by atoms with Crippen LogP contribution in [0.2, 0.25) is 0 Å². The summed E-state index contributed by atoms with van der Waals surface area (Å²) in [5.74, 6) is -2.51. The summed E-state index contributed by atoms with van der Waals surface area (Å²) in [6.07, 6.45) is 0. The second-order valence-electron chi connectivity index (χ2n) is 4.25. The molecule has 1 heterocycles. The van der Waals surface area contributed by atoms with Gasteiger partial charge < -0.3 is 10.4 Å². The minimum Gasteiger partial charge on any atom is -0.505 e. The molecule has 0 bridgehead atoms. The van der Waals surface area contributed by atoms with Crippen molar-refractivity contribution < 1.29 is 18.3 Å². The van der Waals surface area contributed by atoms with Gasteiger partial charge in [0, 0.05) is 26.2 Å². The lowest BCUT2D eigenvalue weighted by Gasteiger charge is -2.34. The van der Waals surface area contributed by atoms with E-state index in [1.165, 1.54) is 0 Å². The summed E-state index contributed by atoms with van der Waals surface area (Å²) in [7, 11) is 0. The maximum Gasteiger partial charge on any atom is 0.165 e. The minimum absolute atomic E-state index is 0. The zero-order chi connectivity index (χ0) is 13.1. The van der Waals surface area contributed by atoms with E-state index in [4.69, 9.17) is 0 Å². The second kappa shape index (κ2) is 8.56. The van der Waals surface area contributed by atoms with Crippen LogP contribution in [0.25, 0.3) is 0 Å². The number of nitrogens with zero attached hydrogens (tertiary/aromatic N) is 1. The van der Waals surface area contributed by atoms with Gasteiger partial charge >= 0.3 is 0 Å². The molecule has 1 aromatic rings. The Morgan fingerprint density at radius 3 is 2.25 bits per heavy atom. The molecule has 1 fully saturated rings. The normalized spacial score (nSPS) is 16.9. The van der Waals surface area contributed by atoms with E-state index in [2.05, 4.69) is 5.32 Å². The van der Waals surface area contributed by atoms with Crippen molar-refractivity contribution in [3.63, 3.8) is 0 Å². The minimum atomic E-state index is -0.942. The second-order valence-corrected chi connectivity index (χ2v) is 4.25. The summed E-state index contributed by atoms with van der Waals surface area (Å²) >= 11 is 0. The number of rotatable bonds is 3. The van der Waals surface area contributed by atoms with Gasteiger partial charge in [-0.25, -0.2) is 13.2 Å². The third-order valence-corrected chi connectivity index (χ3v) is 3.19. The summed E-state index contributed by atoms with van der Waals surface area (Å²) < 4.78 is 40.1. The first kappa shape index (κ1) is 19.3. The van der Waals surface area contributed by atoms with Gasteiger partial charge in [0.2, 0.25) is 0 Å². The van der Waals surface area contributed by atoms with E-state index < -0.39 is 30.1 Å². The number of piperazine rings is 1. The Hall–Kier alpha value is -0.690. The number of hydrogen-bond acceptors (Lipinski definition) is 3. The Bertz CT molecular complexity index is 431. The third kappa shape index (κ3) is 3.91. The molecule has 3 nitrogen and oxygen atoms in total. The van der Waals surface area contributed by atoms with Gasteiger partial charge in [0.25, 0.3) is 0 Å². The zero-order valence-corrected chi connectivity index (χ0v) is 12.2. The van der Waals surface area contributed by atoms with Crippen LogP contribution in [0.3, 0.4) is 0 Å². The Kier molecular flexibility index (Phi) is 8.27. The van der Waals surface area contributed by atoms with E-state index in [0.717, 1.165) is 12.1 Å². The number of alkyl halides is 1. The van der Waals surface area contributed by atoms with Gasteiger partial charge in [-0.1, -0.05) is 0 Å². The number of hydrogen-bond donors (Lipinski definition) is 2. The number of halogens is 5. The van der Waals surface area contributed by atoms with Crippen LogP contribution in [0.5, 0.6) is 5.75 Å². The highest BCUT2D eigenvalue weighted by molar-refractivity contribution is 5.85. The third-order valence-electron chi connectivity index (χ3n) is 3.19. The van der Waals surface area contributed by atoms with Crippen molar-refractivity contribution in [2.75, 3.05) is 32.9 Å². The Balaban J connectivity index is 0.00000180. The molecule has 0 radical (unpaired) electrons. The number of phenols is 1. The molecule has 1 aliphatic rings. The first-order chi connectivity index (χ1) is 8.65. The van der Waals surface area contributed by atoms with Crippen LogP contribution >= 0.6 is 24.8 Å². The molecule has 0 unspecified atom stereocenters. The first-order valence-electron chi connectivity index (χ1n) is 5.82. The van der Waals surface area contributed by atoms with Crippen molar-refractivity contribution in [2.24, 2.45) is 0 Å². The maximum atomic E-state index is 13.7. The lowest BCUT2D eigenvalue weighted by atomic mass is 10.0. The molecule has 8 heteroatoms. The van der Waals surface area contributed by atoms with Gasteiger partial charge in [-0.2, -0.15) is 0 Å². The molecular formula is C12H17Cl2F3N2O. The van der Waals surface area contributed by atoms with Crippen molar-refractivity contribution in [3.8, 4) is 5.75 Å². The fourth-order valence-corrected chi connectivity index (χ4v) is 2.22. The fraction of sp³-hybridized carbons (Fsp3) is 0.500. The molecule has 116 valence electrons. The molecular weight excluding hydrogens is 316 g/mol. The van der Waals surface area contributed by atoms with Gasteiger partial charge in [0.1, 0.15) is 12.5 Å². The molecule has 2 rings (SSSR count). The first-order valence-corrected chi connectivity index (χ1v) is 5.82. The molecule has 2 N–H and O–H groups in total. The van der Waals surface area contributed by atoms with Crippen molar-refractivity contribution >= 4 is 24.8 Å². The maximum absolute atomic E-state index is 13.7. The van der Waals surface area contributed by atoms with Crippen LogP contribution in [-0.2, 0) is 0 Å². The van der Waals surface area contributed by atoms with Crippen molar-refractivity contribution in [1.29, 1.82) is 0 Å². The van der Waals surface area contributed by atoms with Crippen LogP contribution in [0.4, 0.5) is 13.2 Å². The molecule has 1 saturated heterocycles. The predicted molar refractivity (Wildman–Crippen MR) is 75.7 cm³/mol. The van der Waals surface area contributed by atoms with Gasteiger partial charge in [-0.05, 0) is 12.1 Å². The van der Waals surface area contributed by atoms with Crippen LogP contribution in [-0.4, -0.2) is 42.9 Å². The molecule has 1 aliphatic heterocycles. The lowest BCUT2D eigenvalue weighted by Crippen LogP contribution is -2.45. The van der Waals surface area contributed by atoms with E-state index >= 15 is 0 Å². The number of benzene rings is 1. The van der Waals surface area contributed by atoms with Gasteiger partial charge in [-0.3, -0.25) is 4.90 Å². The highest BCUT2D eigenvalue weighted by atomic mass is 35.5. The van der Waals surface area contributed by atoms with Gasteiger partial charge in [-0.15, -0.1) is 24.8 Å². The zero-order valence-electron chi connectivity index (χ0n) is 10.6. The summed E-state index contributed by atoms with van der Waals surface area (Å²) in [4.78, 5) is 1.70. The lowest BCUT2D eigenvalue weighted by molar-refractivity contribution is 0.141. The van der Waals surface area contributed by atoms with Crippen LogP contribution in [0.1, 0.15) is 11.6 Å². The Labute approximate surface area is 128 Å². The molecule has 0 aliphatic carbocycles. The van der Waals surface area contributed by atoms with Gasteiger partial charge in [0.15, 0.2) is 11.6 Å². The summed E-state index contributed by atoms with van der Waals surface area (Å²) in [5.41, 5.74) is -0.292. The fourth-order valence-electron chi connectivity index (χ4n) is 2.22. The summed E-state index contributed by atoms with van der Waals surface area (Å²) in [6, 6.07) is 0.805. The Morgan fingerprint density at radius 2 is 1.70 bits per heavy atom. The van der Waals surface area contributed by atoms with E-state index in [1.807, 2.05) is 0 Å². The van der Waals surface area contributed by atoms with Crippen LogP contribution in [0.15, 0.2) is 12.1 Å². The average molecular weight is 333 g/mol. The van der Waals surface area contributed by atoms with E-state index in [1.54, 1.807) is 4.90 Å². The molecule has 0 amide bonds. The summed E-state index contributed by atoms with van der Waals surface area (Å²) in [5, 5.41) is 12.7. The quantitative estimate of drug-likeness (QED) is 0.892. The van der Waals surface area contributed by atoms with Crippen LogP contribution < -0.4 is 5.32 Å². The van der Waals surface area contributed by atoms with Crippen molar-refractivity contribution in [2.45, 2.75) is 6.04 Å². The number of phenolic OH excluding ortho intramolecular Hbond substituents is 1. The molecule has 20 heavy (non-hydrogen) atoms. The predicted octanol–water partition coefficient (Wildman–Crippen LogP) is 2.43. The smallest absolute Gasteiger partial charge is 0.165 e. The molecule has 1 atom stereocenters. The van der Waals surface area contributed by atoms with E-state index in [-0.39, 0.29) is 30.4 Å². The van der Waals surface area contributed by atoms with E-state index in [0.29, 0.717) is 26.2 Å². The topological polar surface area (TPSA) is 35.5 Å². The number of nitrogens with one attached hydrogen (secondary N) is 1. The van der Waals surface area contributed by atoms with Crippen molar-refractivity contribution in [3.05, 3.63) is 29.3 Å². The monoisotopic (exact) mass is 332 g/mol. The average Bonchev–Trinajstić information content (AvgIpc) is 2.40. The number of aromatic hydroxyl groups is 1. The van der Waals surface area contributed by atoms with Crippen molar-refractivity contribution in [1.82, 2.24) is 10.2 Å². The highest BCUT2D eigenvalue weighted by Gasteiger charge is 2.28. The molecule has 0 aromatic heterocycles. The molecule has 0 saturated carbocycles. The van der Waals surface area contributed by atoms with Crippen LogP contribution in [0, 0.1) is 11.6 Å². The highest BCUT2D eigenvalue weighted by Crippen LogP contribution is 2.33. The van der Waals surface area contributed by atoms with E-state index in [9.17, 15) is 18.3 Å².